The molecule has 1 N–H and O–H groups in total. The van der Waals surface area contributed by atoms with E-state index >= 15 is 0 Å². The van der Waals surface area contributed by atoms with Gasteiger partial charge in [-0.3, -0.25) is 0 Å². The van der Waals surface area contributed by atoms with E-state index in [1.54, 1.807) is 0 Å². The first-order chi connectivity index (χ1) is 12.5. The summed E-state index contributed by atoms with van der Waals surface area (Å²) < 4.78 is 0. The normalized spacial score (nSPS) is 16.8. The predicted octanol–water partition coefficient (Wildman–Crippen LogP) is 3.01. The molecule has 26 heavy (non-hydrogen) atoms. The smallest absolute Gasteiger partial charge is 0.230 e. The number of benzene rings is 1. The Balaban J connectivity index is 1.71. The lowest BCUT2D eigenvalue weighted by Crippen LogP contribution is -2.37. The van der Waals surface area contributed by atoms with E-state index in [-0.39, 0.29) is 11.8 Å². The minimum atomic E-state index is -0.403. The Hall–Kier alpha value is -2.21. The molecule has 1 fully saturated rings. The fraction of sp³-hybridized carbons (Fsp3) is 0.550. The summed E-state index contributed by atoms with van der Waals surface area (Å²) >= 11 is 0. The van der Waals surface area contributed by atoms with E-state index in [4.69, 9.17) is 0 Å². The molecule has 0 radical (unpaired) electrons. The second kappa shape index (κ2) is 7.99. The maximum Gasteiger partial charge on any atom is 0.230 e. The van der Waals surface area contributed by atoms with E-state index in [0.29, 0.717) is 5.95 Å². The van der Waals surface area contributed by atoms with E-state index in [1.165, 1.54) is 0 Å². The third-order valence-corrected chi connectivity index (χ3v) is 4.96. The number of aliphatic hydroxyl groups excluding tert-OH is 1. The molecule has 0 amide bonds. The van der Waals surface area contributed by atoms with E-state index < -0.39 is 6.10 Å². The van der Waals surface area contributed by atoms with Crippen molar-refractivity contribution in [1.29, 1.82) is 0 Å². The van der Waals surface area contributed by atoms with Gasteiger partial charge in [-0.05, 0) is 24.3 Å². The van der Waals surface area contributed by atoms with Crippen molar-refractivity contribution in [3.8, 4) is 0 Å². The van der Waals surface area contributed by atoms with Crippen LogP contribution < -0.4 is 9.80 Å². The summed E-state index contributed by atoms with van der Waals surface area (Å²) in [7, 11) is 3.90. The molecule has 1 aromatic carbocycles. The lowest BCUT2D eigenvalue weighted by atomic mass is 9.87. The molecular weight excluding hydrogens is 326 g/mol. The van der Waals surface area contributed by atoms with Crippen LogP contribution in [0.2, 0.25) is 0 Å². The Kier molecular flexibility index (Phi) is 5.71. The van der Waals surface area contributed by atoms with E-state index in [2.05, 4.69) is 33.7 Å². The first-order valence-corrected chi connectivity index (χ1v) is 9.37. The molecule has 1 aromatic heterocycles. The van der Waals surface area contributed by atoms with Gasteiger partial charge in [0.2, 0.25) is 11.9 Å². The summed E-state index contributed by atoms with van der Waals surface area (Å²) in [6, 6.07) is 9.94. The standard InChI is InChI=1S/C20H29N5O/c1-14(2)18-21-19(24(3)4)23-20(22-18)25-12-10-16(11-13-25)17(26)15-8-6-5-7-9-15/h5-9,14,16-17,26H,10-13H2,1-4H3. The topological polar surface area (TPSA) is 65.4 Å². The van der Waals surface area contributed by atoms with Crippen LogP contribution in [-0.2, 0) is 0 Å². The van der Waals surface area contributed by atoms with Gasteiger partial charge in [-0.15, -0.1) is 0 Å². The molecule has 2 heterocycles. The largest absolute Gasteiger partial charge is 0.388 e. The summed E-state index contributed by atoms with van der Waals surface area (Å²) in [5.41, 5.74) is 1.00. The minimum Gasteiger partial charge on any atom is -0.388 e. The van der Waals surface area contributed by atoms with Crippen LogP contribution >= 0.6 is 0 Å². The molecule has 6 heteroatoms. The van der Waals surface area contributed by atoms with Crippen molar-refractivity contribution in [1.82, 2.24) is 15.0 Å². The van der Waals surface area contributed by atoms with Crippen LogP contribution in [-0.4, -0.2) is 47.2 Å². The minimum absolute atomic E-state index is 0.257. The molecule has 1 aliphatic rings. The highest BCUT2D eigenvalue weighted by atomic mass is 16.3. The molecular formula is C20H29N5O. The van der Waals surface area contributed by atoms with Crippen LogP contribution in [0.25, 0.3) is 0 Å². The number of hydrogen-bond donors (Lipinski definition) is 1. The Labute approximate surface area is 155 Å². The van der Waals surface area contributed by atoms with Crippen LogP contribution in [0.3, 0.4) is 0 Å². The summed E-state index contributed by atoms with van der Waals surface area (Å²) in [5.74, 6) is 2.80. The van der Waals surface area contributed by atoms with Crippen molar-refractivity contribution >= 4 is 11.9 Å². The molecule has 2 aromatic rings. The highest BCUT2D eigenvalue weighted by Gasteiger charge is 2.28. The first-order valence-electron chi connectivity index (χ1n) is 9.37. The summed E-state index contributed by atoms with van der Waals surface area (Å²) in [5, 5.41) is 10.7. The van der Waals surface area contributed by atoms with Gasteiger partial charge in [0, 0.05) is 33.1 Å². The van der Waals surface area contributed by atoms with Gasteiger partial charge >= 0.3 is 0 Å². The Morgan fingerprint density at radius 2 is 1.69 bits per heavy atom. The predicted molar refractivity (Wildman–Crippen MR) is 105 cm³/mol. The SMILES string of the molecule is CC(C)c1nc(N(C)C)nc(N2CCC(C(O)c3ccccc3)CC2)n1. The summed E-state index contributed by atoms with van der Waals surface area (Å²) in [4.78, 5) is 18.0. The van der Waals surface area contributed by atoms with Gasteiger partial charge in [0.25, 0.3) is 0 Å². The molecule has 3 rings (SSSR count). The maximum atomic E-state index is 10.7. The van der Waals surface area contributed by atoms with E-state index in [9.17, 15) is 5.11 Å². The number of hydrogen-bond acceptors (Lipinski definition) is 6. The fourth-order valence-corrected chi connectivity index (χ4v) is 3.31. The van der Waals surface area contributed by atoms with E-state index in [1.807, 2.05) is 49.3 Å². The van der Waals surface area contributed by atoms with Crippen molar-refractivity contribution in [2.45, 2.75) is 38.7 Å². The highest BCUT2D eigenvalue weighted by molar-refractivity contribution is 5.39. The molecule has 6 nitrogen and oxygen atoms in total. The molecule has 0 saturated carbocycles. The third-order valence-electron chi connectivity index (χ3n) is 4.96. The molecule has 140 valence electrons. The summed E-state index contributed by atoms with van der Waals surface area (Å²) in [6.45, 7) is 5.90. The van der Waals surface area contributed by atoms with Crippen molar-refractivity contribution in [3.05, 3.63) is 41.7 Å². The Bertz CT molecular complexity index is 685. The zero-order valence-electron chi connectivity index (χ0n) is 16.1. The first kappa shape index (κ1) is 18.6. The average molecular weight is 355 g/mol. The molecule has 1 saturated heterocycles. The Morgan fingerprint density at radius 3 is 2.27 bits per heavy atom. The maximum absolute atomic E-state index is 10.7. The number of anilines is 2. The van der Waals surface area contributed by atoms with Gasteiger partial charge in [0.1, 0.15) is 5.82 Å². The van der Waals surface area contributed by atoms with Crippen LogP contribution in [0.1, 0.15) is 50.1 Å². The lowest BCUT2D eigenvalue weighted by Gasteiger charge is -2.34. The molecule has 1 atom stereocenters. The number of piperidine rings is 1. The van der Waals surface area contributed by atoms with Crippen LogP contribution in [0.15, 0.2) is 30.3 Å². The van der Waals surface area contributed by atoms with Crippen molar-refractivity contribution in [2.75, 3.05) is 37.0 Å². The molecule has 0 spiro atoms. The summed E-state index contributed by atoms with van der Waals surface area (Å²) in [6.07, 6.45) is 1.45. The van der Waals surface area contributed by atoms with Crippen molar-refractivity contribution < 1.29 is 5.11 Å². The number of aliphatic hydroxyl groups is 1. The van der Waals surface area contributed by atoms with Crippen LogP contribution in [0, 0.1) is 5.92 Å². The van der Waals surface area contributed by atoms with Gasteiger partial charge in [0.05, 0.1) is 6.10 Å². The van der Waals surface area contributed by atoms with Gasteiger partial charge in [0.15, 0.2) is 0 Å². The van der Waals surface area contributed by atoms with Gasteiger partial charge in [-0.25, -0.2) is 0 Å². The third kappa shape index (κ3) is 4.12. The van der Waals surface area contributed by atoms with E-state index in [0.717, 1.165) is 43.3 Å². The second-order valence-corrected chi connectivity index (χ2v) is 7.52. The van der Waals surface area contributed by atoms with Crippen molar-refractivity contribution in [3.63, 3.8) is 0 Å². The number of nitrogens with zero attached hydrogens (tertiary/aromatic N) is 5. The number of aromatic nitrogens is 3. The second-order valence-electron chi connectivity index (χ2n) is 7.52. The van der Waals surface area contributed by atoms with Gasteiger partial charge < -0.3 is 14.9 Å². The number of rotatable bonds is 5. The van der Waals surface area contributed by atoms with Crippen LogP contribution in [0.4, 0.5) is 11.9 Å². The molecule has 1 unspecified atom stereocenters. The van der Waals surface area contributed by atoms with Gasteiger partial charge in [-0.2, -0.15) is 15.0 Å². The average Bonchev–Trinajstić information content (AvgIpc) is 2.67. The van der Waals surface area contributed by atoms with Gasteiger partial charge in [-0.1, -0.05) is 44.2 Å². The van der Waals surface area contributed by atoms with Crippen molar-refractivity contribution in [2.24, 2.45) is 5.92 Å². The zero-order valence-corrected chi connectivity index (χ0v) is 16.1. The quantitative estimate of drug-likeness (QED) is 0.889. The zero-order chi connectivity index (χ0) is 18.7. The van der Waals surface area contributed by atoms with Crippen LogP contribution in [0.5, 0.6) is 0 Å². The molecule has 1 aliphatic heterocycles. The Morgan fingerprint density at radius 1 is 1.04 bits per heavy atom. The molecule has 0 bridgehead atoms. The molecule has 0 aliphatic carbocycles. The monoisotopic (exact) mass is 355 g/mol. The fourth-order valence-electron chi connectivity index (χ4n) is 3.31. The highest BCUT2D eigenvalue weighted by Crippen LogP contribution is 2.32. The lowest BCUT2D eigenvalue weighted by molar-refractivity contribution is 0.0927.